The minimum Gasteiger partial charge on any atom is -0.497 e. The second kappa shape index (κ2) is 4.68. The summed E-state index contributed by atoms with van der Waals surface area (Å²) in [6.07, 6.45) is 1.47. The molecule has 0 aliphatic carbocycles. The molecular weight excluding hydrogens is 247 g/mol. The highest BCUT2D eigenvalue weighted by atomic mass is 35.5. The van der Waals surface area contributed by atoms with Crippen LogP contribution in [0.5, 0.6) is 5.75 Å². The first-order chi connectivity index (χ1) is 7.70. The standard InChI is InChI=1S/C11H8Cl2N2O/c1-16-8-4-2-7(3-5-8)10-11(13)15-9(12)6-14-10/h2-6H,1H3. The van der Waals surface area contributed by atoms with Crippen molar-refractivity contribution in [3.05, 3.63) is 40.8 Å². The highest BCUT2D eigenvalue weighted by Crippen LogP contribution is 2.26. The molecule has 16 heavy (non-hydrogen) atoms. The maximum absolute atomic E-state index is 5.95. The molecule has 2 aromatic rings. The third-order valence-electron chi connectivity index (χ3n) is 2.06. The largest absolute Gasteiger partial charge is 0.497 e. The molecule has 0 aliphatic heterocycles. The summed E-state index contributed by atoms with van der Waals surface area (Å²) in [5, 5.41) is 0.569. The average Bonchev–Trinajstić information content (AvgIpc) is 2.29. The lowest BCUT2D eigenvalue weighted by Gasteiger charge is -2.04. The summed E-state index contributed by atoms with van der Waals surface area (Å²) in [7, 11) is 1.62. The number of nitrogens with zero attached hydrogens (tertiary/aromatic N) is 2. The van der Waals surface area contributed by atoms with Crippen molar-refractivity contribution in [2.45, 2.75) is 0 Å². The lowest BCUT2D eigenvalue weighted by atomic mass is 10.1. The Morgan fingerprint density at radius 2 is 1.81 bits per heavy atom. The number of halogens is 2. The molecule has 1 aromatic heterocycles. The van der Waals surface area contributed by atoms with Gasteiger partial charge in [-0.2, -0.15) is 0 Å². The Balaban J connectivity index is 2.42. The van der Waals surface area contributed by atoms with Gasteiger partial charge in [0.2, 0.25) is 0 Å². The summed E-state index contributed by atoms with van der Waals surface area (Å²) in [5.74, 6) is 0.779. The van der Waals surface area contributed by atoms with Gasteiger partial charge in [-0.15, -0.1) is 0 Å². The van der Waals surface area contributed by atoms with Gasteiger partial charge in [0, 0.05) is 5.56 Å². The van der Waals surface area contributed by atoms with Gasteiger partial charge in [0.25, 0.3) is 0 Å². The molecule has 0 atom stereocenters. The van der Waals surface area contributed by atoms with Crippen molar-refractivity contribution in [2.75, 3.05) is 7.11 Å². The second-order valence-electron chi connectivity index (χ2n) is 3.06. The molecule has 0 N–H and O–H groups in total. The average molecular weight is 255 g/mol. The molecule has 0 saturated carbocycles. The molecule has 0 amide bonds. The van der Waals surface area contributed by atoms with Gasteiger partial charge in [-0.25, -0.2) is 9.97 Å². The molecule has 0 bridgehead atoms. The van der Waals surface area contributed by atoms with Crippen molar-refractivity contribution in [1.29, 1.82) is 0 Å². The fraction of sp³-hybridized carbons (Fsp3) is 0.0909. The van der Waals surface area contributed by atoms with Crippen LogP contribution in [0.1, 0.15) is 0 Å². The predicted octanol–water partition coefficient (Wildman–Crippen LogP) is 3.46. The monoisotopic (exact) mass is 254 g/mol. The Bertz CT molecular complexity index is 500. The van der Waals surface area contributed by atoms with Gasteiger partial charge in [-0.3, -0.25) is 0 Å². The number of hydrogen-bond acceptors (Lipinski definition) is 3. The van der Waals surface area contributed by atoms with Gasteiger partial charge in [0.1, 0.15) is 16.6 Å². The van der Waals surface area contributed by atoms with Gasteiger partial charge >= 0.3 is 0 Å². The van der Waals surface area contributed by atoms with E-state index in [0.29, 0.717) is 5.69 Å². The fourth-order valence-corrected chi connectivity index (χ4v) is 1.71. The van der Waals surface area contributed by atoms with Crippen molar-refractivity contribution in [1.82, 2.24) is 9.97 Å². The van der Waals surface area contributed by atoms with Crippen LogP contribution in [0, 0.1) is 0 Å². The van der Waals surface area contributed by atoms with E-state index in [1.807, 2.05) is 24.3 Å². The first-order valence-electron chi connectivity index (χ1n) is 4.53. The molecule has 82 valence electrons. The number of benzene rings is 1. The number of methoxy groups -OCH3 is 1. The topological polar surface area (TPSA) is 35.0 Å². The fourth-order valence-electron chi connectivity index (χ4n) is 1.29. The van der Waals surface area contributed by atoms with Crippen LogP contribution >= 0.6 is 23.2 Å². The highest BCUT2D eigenvalue weighted by Gasteiger charge is 2.07. The summed E-state index contributed by atoms with van der Waals surface area (Å²) in [5.41, 5.74) is 1.48. The third-order valence-corrected chi connectivity index (χ3v) is 2.51. The van der Waals surface area contributed by atoms with Crippen LogP contribution in [0.2, 0.25) is 10.3 Å². The molecule has 0 fully saturated rings. The smallest absolute Gasteiger partial charge is 0.157 e. The normalized spacial score (nSPS) is 10.2. The maximum Gasteiger partial charge on any atom is 0.157 e. The number of ether oxygens (including phenoxy) is 1. The summed E-state index contributed by atoms with van der Waals surface area (Å²) in [6.45, 7) is 0. The zero-order valence-corrected chi connectivity index (χ0v) is 9.96. The van der Waals surface area contributed by atoms with Crippen molar-refractivity contribution < 1.29 is 4.74 Å². The minimum absolute atomic E-state index is 0.280. The van der Waals surface area contributed by atoms with E-state index in [1.165, 1.54) is 6.20 Å². The molecule has 0 radical (unpaired) electrons. The SMILES string of the molecule is COc1ccc(-c2ncc(Cl)nc2Cl)cc1. The molecule has 1 heterocycles. The van der Waals surface area contributed by atoms with Crippen LogP contribution in [0.3, 0.4) is 0 Å². The summed E-state index contributed by atoms with van der Waals surface area (Å²) in [6, 6.07) is 7.40. The predicted molar refractivity (Wildman–Crippen MR) is 64.0 cm³/mol. The lowest BCUT2D eigenvalue weighted by molar-refractivity contribution is 0.415. The van der Waals surface area contributed by atoms with E-state index in [0.717, 1.165) is 11.3 Å². The van der Waals surface area contributed by atoms with Gasteiger partial charge in [-0.05, 0) is 24.3 Å². The number of hydrogen-bond donors (Lipinski definition) is 0. The third kappa shape index (κ3) is 2.26. The van der Waals surface area contributed by atoms with E-state index in [1.54, 1.807) is 7.11 Å². The Morgan fingerprint density at radius 3 is 2.38 bits per heavy atom. The molecule has 0 spiro atoms. The quantitative estimate of drug-likeness (QED) is 0.824. The van der Waals surface area contributed by atoms with Crippen LogP contribution in [-0.4, -0.2) is 17.1 Å². The minimum atomic E-state index is 0.280. The van der Waals surface area contributed by atoms with Crippen LogP contribution in [0.15, 0.2) is 30.5 Å². The Labute approximate surface area is 103 Å². The first kappa shape index (κ1) is 11.2. The van der Waals surface area contributed by atoms with Gasteiger partial charge < -0.3 is 4.74 Å². The van der Waals surface area contributed by atoms with Crippen LogP contribution in [0.25, 0.3) is 11.3 Å². The molecule has 5 heteroatoms. The Morgan fingerprint density at radius 1 is 1.12 bits per heavy atom. The zero-order chi connectivity index (χ0) is 11.5. The maximum atomic E-state index is 5.95. The lowest BCUT2D eigenvalue weighted by Crippen LogP contribution is -1.89. The molecule has 0 saturated heterocycles. The van der Waals surface area contributed by atoms with E-state index >= 15 is 0 Å². The van der Waals surface area contributed by atoms with Gasteiger partial charge in [-0.1, -0.05) is 23.2 Å². The Kier molecular flexibility index (Phi) is 3.27. The van der Waals surface area contributed by atoms with Crippen molar-refractivity contribution in [2.24, 2.45) is 0 Å². The van der Waals surface area contributed by atoms with E-state index in [4.69, 9.17) is 27.9 Å². The van der Waals surface area contributed by atoms with Gasteiger partial charge in [0.05, 0.1) is 13.3 Å². The summed E-state index contributed by atoms with van der Waals surface area (Å²) in [4.78, 5) is 8.07. The van der Waals surface area contributed by atoms with E-state index in [2.05, 4.69) is 9.97 Å². The van der Waals surface area contributed by atoms with Crippen LogP contribution < -0.4 is 4.74 Å². The second-order valence-corrected chi connectivity index (χ2v) is 3.81. The molecular formula is C11H8Cl2N2O. The van der Waals surface area contributed by atoms with Crippen molar-refractivity contribution in [3.63, 3.8) is 0 Å². The molecule has 0 unspecified atom stereocenters. The molecule has 1 aromatic carbocycles. The number of rotatable bonds is 2. The van der Waals surface area contributed by atoms with Crippen LogP contribution in [-0.2, 0) is 0 Å². The van der Waals surface area contributed by atoms with Crippen LogP contribution in [0.4, 0.5) is 0 Å². The van der Waals surface area contributed by atoms with E-state index in [-0.39, 0.29) is 10.3 Å². The van der Waals surface area contributed by atoms with Gasteiger partial charge in [0.15, 0.2) is 5.15 Å². The van der Waals surface area contributed by atoms with Crippen molar-refractivity contribution in [3.8, 4) is 17.0 Å². The zero-order valence-electron chi connectivity index (χ0n) is 8.45. The first-order valence-corrected chi connectivity index (χ1v) is 5.29. The molecule has 0 aliphatic rings. The van der Waals surface area contributed by atoms with E-state index in [9.17, 15) is 0 Å². The van der Waals surface area contributed by atoms with Crippen molar-refractivity contribution >= 4 is 23.2 Å². The molecule has 3 nitrogen and oxygen atoms in total. The summed E-state index contributed by atoms with van der Waals surface area (Å²) >= 11 is 11.6. The highest BCUT2D eigenvalue weighted by molar-refractivity contribution is 6.33. The summed E-state index contributed by atoms with van der Waals surface area (Å²) < 4.78 is 5.06. The van der Waals surface area contributed by atoms with E-state index < -0.39 is 0 Å². The Hall–Kier alpha value is -1.32. The molecule has 2 rings (SSSR count). The number of aromatic nitrogens is 2.